The molecule has 1 unspecified atom stereocenters. The minimum Gasteiger partial charge on any atom is -0.507 e. The van der Waals surface area contributed by atoms with Gasteiger partial charge in [-0.3, -0.25) is 24.5 Å². The first-order chi connectivity index (χ1) is 15.6. The topological polar surface area (TPSA) is 130 Å². The van der Waals surface area contributed by atoms with Gasteiger partial charge in [-0.25, -0.2) is 0 Å². The summed E-state index contributed by atoms with van der Waals surface area (Å²) in [6.07, 6.45) is 0. The van der Waals surface area contributed by atoms with Gasteiger partial charge in [0.25, 0.3) is 17.4 Å². The zero-order valence-electron chi connectivity index (χ0n) is 18.3. The Hall–Kier alpha value is -4.05. The lowest BCUT2D eigenvalue weighted by molar-refractivity contribution is -0.384. The molecule has 1 N–H and O–H groups in total. The molecule has 10 nitrogen and oxygen atoms in total. The summed E-state index contributed by atoms with van der Waals surface area (Å²) in [7, 11) is 3.64. The molecule has 2 aromatic rings. The smallest absolute Gasteiger partial charge is 0.308 e. The van der Waals surface area contributed by atoms with E-state index in [1.807, 2.05) is 19.0 Å². The van der Waals surface area contributed by atoms with Gasteiger partial charge >= 0.3 is 5.97 Å². The summed E-state index contributed by atoms with van der Waals surface area (Å²) < 4.78 is 5.04. The number of non-ortho nitro benzene ring substituents is 1. The molecule has 172 valence electrons. The molecule has 0 aromatic heterocycles. The van der Waals surface area contributed by atoms with Crippen LogP contribution in [0.2, 0.25) is 0 Å². The molecule has 0 aliphatic carbocycles. The molecule has 3 rings (SSSR count). The molecular weight excluding hydrogens is 430 g/mol. The maximum absolute atomic E-state index is 13.0. The van der Waals surface area contributed by atoms with Gasteiger partial charge in [0.2, 0.25) is 0 Å². The Morgan fingerprint density at radius 3 is 2.42 bits per heavy atom. The largest absolute Gasteiger partial charge is 0.507 e. The second-order valence-electron chi connectivity index (χ2n) is 7.77. The number of nitro groups is 1. The van der Waals surface area contributed by atoms with Gasteiger partial charge in [-0.2, -0.15) is 0 Å². The molecule has 1 amide bonds. The molecule has 1 saturated heterocycles. The standard InChI is InChI=1S/C23H23N3O7/c1-14(27)33-18-9-7-15(8-10-18)20-19(22(29)23(30)25(20)12-11-24(2)3)21(28)16-5-4-6-17(13-16)26(31)32/h4-10,13,20,28H,11-12H2,1-3H3/b21-19-. The fraction of sp³-hybridized carbons (Fsp3) is 0.261. The first kappa shape index (κ1) is 23.6. The Bertz CT molecular complexity index is 1140. The van der Waals surface area contributed by atoms with Crippen molar-refractivity contribution < 1.29 is 29.2 Å². The molecule has 0 saturated carbocycles. The fourth-order valence-corrected chi connectivity index (χ4v) is 3.57. The third-order valence-corrected chi connectivity index (χ3v) is 5.12. The van der Waals surface area contributed by atoms with Crippen molar-refractivity contribution in [3.05, 3.63) is 75.3 Å². The SMILES string of the molecule is CC(=O)Oc1ccc(C2/C(=C(/O)c3cccc([N+](=O)[O-])c3)C(=O)C(=O)N2CCN(C)C)cc1. The second-order valence-corrected chi connectivity index (χ2v) is 7.77. The number of nitrogens with zero attached hydrogens (tertiary/aromatic N) is 3. The Morgan fingerprint density at radius 1 is 1.18 bits per heavy atom. The summed E-state index contributed by atoms with van der Waals surface area (Å²) in [6, 6.07) is 10.5. The molecule has 10 heteroatoms. The predicted octanol–water partition coefficient (Wildman–Crippen LogP) is 2.50. The van der Waals surface area contributed by atoms with E-state index in [-0.39, 0.29) is 29.1 Å². The van der Waals surface area contributed by atoms with Gasteiger partial charge in [-0.05, 0) is 31.8 Å². The number of likely N-dealkylation sites (tertiary alicyclic amines) is 1. The number of nitro benzene ring substituents is 1. The molecule has 33 heavy (non-hydrogen) atoms. The zero-order valence-corrected chi connectivity index (χ0v) is 18.3. The number of rotatable bonds is 7. The van der Waals surface area contributed by atoms with Crippen molar-refractivity contribution in [3.8, 4) is 5.75 Å². The first-order valence-corrected chi connectivity index (χ1v) is 10.1. The quantitative estimate of drug-likeness (QED) is 0.129. The van der Waals surface area contributed by atoms with Crippen LogP contribution in [-0.2, 0) is 14.4 Å². The number of esters is 1. The van der Waals surface area contributed by atoms with Crippen molar-refractivity contribution in [2.75, 3.05) is 27.2 Å². The molecule has 1 fully saturated rings. The highest BCUT2D eigenvalue weighted by molar-refractivity contribution is 6.46. The van der Waals surface area contributed by atoms with E-state index in [9.17, 15) is 29.6 Å². The maximum Gasteiger partial charge on any atom is 0.308 e. The third kappa shape index (κ3) is 5.07. The van der Waals surface area contributed by atoms with Crippen LogP contribution in [0.15, 0.2) is 54.1 Å². The Morgan fingerprint density at radius 2 is 1.85 bits per heavy atom. The third-order valence-electron chi connectivity index (χ3n) is 5.12. The number of Topliss-reactive ketones (excluding diaryl/α,β-unsaturated/α-hetero) is 1. The van der Waals surface area contributed by atoms with Crippen molar-refractivity contribution in [1.29, 1.82) is 0 Å². The fourth-order valence-electron chi connectivity index (χ4n) is 3.57. The van der Waals surface area contributed by atoms with E-state index >= 15 is 0 Å². The molecule has 2 aromatic carbocycles. The summed E-state index contributed by atoms with van der Waals surface area (Å²) in [6.45, 7) is 1.94. The Labute approximate surface area is 189 Å². The van der Waals surface area contributed by atoms with E-state index in [1.165, 1.54) is 42.2 Å². The summed E-state index contributed by atoms with van der Waals surface area (Å²) in [4.78, 5) is 50.8. The number of carbonyl (C=O) groups excluding carboxylic acids is 3. The van der Waals surface area contributed by atoms with Crippen molar-refractivity contribution in [2.24, 2.45) is 0 Å². The lowest BCUT2D eigenvalue weighted by atomic mass is 9.95. The molecule has 1 aliphatic heterocycles. The minimum atomic E-state index is -0.921. The van der Waals surface area contributed by atoms with Gasteiger partial charge in [0.15, 0.2) is 0 Å². The van der Waals surface area contributed by atoms with Crippen LogP contribution in [-0.4, -0.2) is 64.7 Å². The van der Waals surface area contributed by atoms with E-state index in [4.69, 9.17) is 4.74 Å². The summed E-state index contributed by atoms with van der Waals surface area (Å²) in [5, 5.41) is 22.1. The lowest BCUT2D eigenvalue weighted by Gasteiger charge is -2.26. The molecule has 0 spiro atoms. The number of hydrogen-bond donors (Lipinski definition) is 1. The number of aliphatic hydroxyl groups excluding tert-OH is 1. The van der Waals surface area contributed by atoms with Crippen LogP contribution in [0.5, 0.6) is 5.75 Å². The molecule has 1 aliphatic rings. The predicted molar refractivity (Wildman–Crippen MR) is 118 cm³/mol. The molecule has 0 bridgehead atoms. The Kier molecular flexibility index (Phi) is 6.88. The lowest BCUT2D eigenvalue weighted by Crippen LogP contribution is -2.35. The van der Waals surface area contributed by atoms with Crippen molar-refractivity contribution in [3.63, 3.8) is 0 Å². The maximum atomic E-state index is 13.0. The van der Waals surface area contributed by atoms with Gasteiger partial charge in [0, 0.05) is 37.7 Å². The number of aliphatic hydroxyl groups is 1. The van der Waals surface area contributed by atoms with E-state index in [0.717, 1.165) is 6.07 Å². The summed E-state index contributed by atoms with van der Waals surface area (Å²) >= 11 is 0. The first-order valence-electron chi connectivity index (χ1n) is 10.1. The van der Waals surface area contributed by atoms with Crippen LogP contribution in [0.4, 0.5) is 5.69 Å². The summed E-state index contributed by atoms with van der Waals surface area (Å²) in [5.41, 5.74) is 0.134. The number of ketones is 1. The van der Waals surface area contributed by atoms with Crippen molar-refractivity contribution in [2.45, 2.75) is 13.0 Å². The highest BCUT2D eigenvalue weighted by Crippen LogP contribution is 2.40. The average molecular weight is 453 g/mol. The molecule has 0 radical (unpaired) electrons. The van der Waals surface area contributed by atoms with Gasteiger partial charge in [-0.15, -0.1) is 0 Å². The van der Waals surface area contributed by atoms with E-state index in [0.29, 0.717) is 12.1 Å². The van der Waals surface area contributed by atoms with Gasteiger partial charge in [0.1, 0.15) is 11.5 Å². The summed E-state index contributed by atoms with van der Waals surface area (Å²) in [5.74, 6) is -2.37. The number of hydrogen-bond acceptors (Lipinski definition) is 8. The highest BCUT2D eigenvalue weighted by atomic mass is 16.6. The average Bonchev–Trinajstić information content (AvgIpc) is 3.02. The van der Waals surface area contributed by atoms with E-state index in [1.54, 1.807) is 12.1 Å². The molecular formula is C23H23N3O7. The molecule has 1 heterocycles. The number of carbonyl (C=O) groups is 3. The van der Waals surface area contributed by atoms with E-state index in [2.05, 4.69) is 0 Å². The number of ether oxygens (including phenoxy) is 1. The van der Waals surface area contributed by atoms with Crippen LogP contribution < -0.4 is 4.74 Å². The van der Waals surface area contributed by atoms with Crippen LogP contribution in [0.25, 0.3) is 5.76 Å². The molecule has 1 atom stereocenters. The van der Waals surface area contributed by atoms with Crippen molar-refractivity contribution >= 4 is 29.1 Å². The van der Waals surface area contributed by atoms with Gasteiger partial charge in [0.05, 0.1) is 16.5 Å². The monoisotopic (exact) mass is 453 g/mol. The zero-order chi connectivity index (χ0) is 24.3. The minimum absolute atomic E-state index is 0.0522. The van der Waals surface area contributed by atoms with Crippen LogP contribution in [0, 0.1) is 10.1 Å². The van der Waals surface area contributed by atoms with Crippen molar-refractivity contribution in [1.82, 2.24) is 9.80 Å². The van der Waals surface area contributed by atoms with E-state index < -0.39 is 34.4 Å². The number of likely N-dealkylation sites (N-methyl/N-ethyl adjacent to an activating group) is 1. The Balaban J connectivity index is 2.13. The second kappa shape index (κ2) is 9.61. The van der Waals surface area contributed by atoms with Crippen LogP contribution in [0.1, 0.15) is 24.1 Å². The van der Waals surface area contributed by atoms with Crippen LogP contribution in [0.3, 0.4) is 0 Å². The normalized spacial score (nSPS) is 17.5. The number of amides is 1. The van der Waals surface area contributed by atoms with Crippen LogP contribution >= 0.6 is 0 Å². The number of benzene rings is 2. The van der Waals surface area contributed by atoms with Gasteiger partial charge in [-0.1, -0.05) is 24.3 Å². The van der Waals surface area contributed by atoms with Gasteiger partial charge < -0.3 is 19.6 Å². The highest BCUT2D eigenvalue weighted by Gasteiger charge is 2.46.